The highest BCUT2D eigenvalue weighted by Gasteiger charge is 2.08. The number of nitrogens with zero attached hydrogens (tertiary/aromatic N) is 1. The molecule has 6 heteroatoms. The molecule has 0 fully saturated rings. The van der Waals surface area contributed by atoms with Gasteiger partial charge in [0, 0.05) is 24.3 Å². The van der Waals surface area contributed by atoms with Crippen LogP contribution in [0.4, 0.5) is 0 Å². The smallest absolute Gasteiger partial charge is 0.263 e. The first-order chi connectivity index (χ1) is 12.6. The van der Waals surface area contributed by atoms with Crippen molar-refractivity contribution >= 4 is 17.5 Å². The number of hydrogen-bond acceptors (Lipinski definition) is 4. The van der Waals surface area contributed by atoms with E-state index in [9.17, 15) is 4.79 Å². The number of benzene rings is 2. The van der Waals surface area contributed by atoms with Gasteiger partial charge in [-0.15, -0.1) is 0 Å². The SMILES string of the molecule is COc1ccc(CNC(=O)/C(C#N)=C\NCCc2ccc(Cl)cc2)cc1. The third-order valence-corrected chi connectivity index (χ3v) is 3.95. The van der Waals surface area contributed by atoms with Gasteiger partial charge in [0.05, 0.1) is 7.11 Å². The van der Waals surface area contributed by atoms with Gasteiger partial charge in [0.15, 0.2) is 0 Å². The second-order valence-corrected chi connectivity index (χ2v) is 5.97. The second-order valence-electron chi connectivity index (χ2n) is 5.53. The average Bonchev–Trinajstić information content (AvgIpc) is 2.68. The first-order valence-corrected chi connectivity index (χ1v) is 8.49. The van der Waals surface area contributed by atoms with E-state index in [-0.39, 0.29) is 5.57 Å². The molecule has 0 heterocycles. The highest BCUT2D eigenvalue weighted by molar-refractivity contribution is 6.30. The van der Waals surface area contributed by atoms with E-state index < -0.39 is 5.91 Å². The van der Waals surface area contributed by atoms with E-state index in [4.69, 9.17) is 21.6 Å². The maximum absolute atomic E-state index is 12.1. The molecule has 2 rings (SSSR count). The summed E-state index contributed by atoms with van der Waals surface area (Å²) < 4.78 is 5.09. The monoisotopic (exact) mass is 369 g/mol. The van der Waals surface area contributed by atoms with Gasteiger partial charge in [-0.25, -0.2) is 0 Å². The number of halogens is 1. The Bertz CT molecular complexity index is 793. The van der Waals surface area contributed by atoms with Crippen LogP contribution in [-0.2, 0) is 17.8 Å². The molecule has 0 aliphatic heterocycles. The van der Waals surface area contributed by atoms with Gasteiger partial charge < -0.3 is 15.4 Å². The minimum atomic E-state index is -0.415. The largest absolute Gasteiger partial charge is 0.497 e. The van der Waals surface area contributed by atoms with Crippen LogP contribution in [0.3, 0.4) is 0 Å². The molecule has 0 bridgehead atoms. The predicted molar refractivity (Wildman–Crippen MR) is 102 cm³/mol. The van der Waals surface area contributed by atoms with Crippen LogP contribution in [0, 0.1) is 11.3 Å². The molecule has 0 saturated carbocycles. The molecule has 5 nitrogen and oxygen atoms in total. The molecule has 0 atom stereocenters. The van der Waals surface area contributed by atoms with Gasteiger partial charge in [-0.2, -0.15) is 5.26 Å². The minimum Gasteiger partial charge on any atom is -0.497 e. The van der Waals surface area contributed by atoms with Crippen molar-refractivity contribution in [2.24, 2.45) is 0 Å². The van der Waals surface area contributed by atoms with Crippen molar-refractivity contribution in [3.8, 4) is 11.8 Å². The first-order valence-electron chi connectivity index (χ1n) is 8.11. The number of nitriles is 1. The number of ether oxygens (including phenoxy) is 1. The van der Waals surface area contributed by atoms with Gasteiger partial charge in [-0.05, 0) is 41.8 Å². The Morgan fingerprint density at radius 1 is 1.15 bits per heavy atom. The van der Waals surface area contributed by atoms with E-state index >= 15 is 0 Å². The van der Waals surface area contributed by atoms with Crippen molar-refractivity contribution in [1.82, 2.24) is 10.6 Å². The highest BCUT2D eigenvalue weighted by atomic mass is 35.5. The van der Waals surface area contributed by atoms with Crippen LogP contribution in [0.1, 0.15) is 11.1 Å². The minimum absolute atomic E-state index is 0.0367. The quantitative estimate of drug-likeness (QED) is 0.425. The lowest BCUT2D eigenvalue weighted by molar-refractivity contribution is -0.117. The van der Waals surface area contributed by atoms with Crippen molar-refractivity contribution in [3.63, 3.8) is 0 Å². The lowest BCUT2D eigenvalue weighted by Crippen LogP contribution is -2.25. The number of methoxy groups -OCH3 is 1. The summed E-state index contributed by atoms with van der Waals surface area (Å²) in [7, 11) is 1.60. The normalized spacial score (nSPS) is 10.7. The van der Waals surface area contributed by atoms with E-state index in [0.29, 0.717) is 18.1 Å². The summed E-state index contributed by atoms with van der Waals surface area (Å²) >= 11 is 5.85. The van der Waals surface area contributed by atoms with Crippen LogP contribution in [0.25, 0.3) is 0 Å². The number of nitrogens with one attached hydrogen (secondary N) is 2. The summed E-state index contributed by atoms with van der Waals surface area (Å²) in [5.74, 6) is 0.338. The lowest BCUT2D eigenvalue weighted by atomic mass is 10.1. The van der Waals surface area contributed by atoms with E-state index in [2.05, 4.69) is 10.6 Å². The number of hydrogen-bond donors (Lipinski definition) is 2. The molecule has 0 radical (unpaired) electrons. The summed E-state index contributed by atoms with van der Waals surface area (Å²) in [6.07, 6.45) is 2.21. The Morgan fingerprint density at radius 2 is 1.81 bits per heavy atom. The summed E-state index contributed by atoms with van der Waals surface area (Å²) in [6.45, 7) is 0.950. The zero-order chi connectivity index (χ0) is 18.8. The van der Waals surface area contributed by atoms with Gasteiger partial charge in [0.1, 0.15) is 17.4 Å². The average molecular weight is 370 g/mol. The molecule has 26 heavy (non-hydrogen) atoms. The van der Waals surface area contributed by atoms with Crippen LogP contribution < -0.4 is 15.4 Å². The van der Waals surface area contributed by atoms with E-state index in [0.717, 1.165) is 23.3 Å². The Labute approximate surface area is 158 Å². The number of carbonyl (C=O) groups excluding carboxylic acids is 1. The second kappa shape index (κ2) is 10.1. The molecule has 0 aliphatic rings. The third-order valence-electron chi connectivity index (χ3n) is 3.69. The van der Waals surface area contributed by atoms with Crippen LogP contribution in [-0.4, -0.2) is 19.6 Å². The Balaban J connectivity index is 1.80. The van der Waals surface area contributed by atoms with E-state index in [1.165, 1.54) is 6.20 Å². The van der Waals surface area contributed by atoms with Crippen LogP contribution >= 0.6 is 11.6 Å². The number of carbonyl (C=O) groups is 1. The first kappa shape index (κ1) is 19.4. The highest BCUT2D eigenvalue weighted by Crippen LogP contribution is 2.11. The van der Waals surface area contributed by atoms with Gasteiger partial charge in [0.25, 0.3) is 5.91 Å². The molecule has 2 aromatic rings. The van der Waals surface area contributed by atoms with Gasteiger partial charge in [-0.3, -0.25) is 4.79 Å². The molecule has 0 saturated heterocycles. The number of rotatable bonds is 8. The molecule has 2 aromatic carbocycles. The molecule has 134 valence electrons. The van der Waals surface area contributed by atoms with Gasteiger partial charge in [-0.1, -0.05) is 35.9 Å². The maximum atomic E-state index is 12.1. The molecule has 2 N–H and O–H groups in total. The van der Waals surface area contributed by atoms with Gasteiger partial charge >= 0.3 is 0 Å². The molecular weight excluding hydrogens is 350 g/mol. The van der Waals surface area contributed by atoms with E-state index in [1.54, 1.807) is 7.11 Å². The molecular formula is C20H20ClN3O2. The Kier molecular flexibility index (Phi) is 7.53. The lowest BCUT2D eigenvalue weighted by Gasteiger charge is -2.06. The van der Waals surface area contributed by atoms with Crippen LogP contribution in [0.15, 0.2) is 60.3 Å². The van der Waals surface area contributed by atoms with Crippen LogP contribution in [0.5, 0.6) is 5.75 Å². The summed E-state index contributed by atoms with van der Waals surface area (Å²) in [5.41, 5.74) is 2.08. The molecule has 0 spiro atoms. The zero-order valence-electron chi connectivity index (χ0n) is 14.5. The van der Waals surface area contributed by atoms with E-state index in [1.807, 2.05) is 54.6 Å². The maximum Gasteiger partial charge on any atom is 0.263 e. The fourth-order valence-electron chi connectivity index (χ4n) is 2.21. The van der Waals surface area contributed by atoms with Crippen molar-refractivity contribution in [3.05, 3.63) is 76.5 Å². The van der Waals surface area contributed by atoms with Gasteiger partial charge in [0.2, 0.25) is 0 Å². The zero-order valence-corrected chi connectivity index (χ0v) is 15.2. The van der Waals surface area contributed by atoms with Crippen LogP contribution in [0.2, 0.25) is 5.02 Å². The summed E-state index contributed by atoms with van der Waals surface area (Å²) in [6, 6.07) is 16.8. The standard InChI is InChI=1S/C20H20ClN3O2/c1-26-19-8-4-16(5-9-19)13-24-20(25)17(12-22)14-23-11-10-15-2-6-18(21)7-3-15/h2-9,14,23H,10-11,13H2,1H3,(H,24,25)/b17-14-. The Hall–Kier alpha value is -2.97. The van der Waals surface area contributed by atoms with Crippen molar-refractivity contribution in [2.75, 3.05) is 13.7 Å². The fraction of sp³-hybridized carbons (Fsp3) is 0.200. The molecule has 0 aliphatic carbocycles. The Morgan fingerprint density at radius 3 is 2.42 bits per heavy atom. The van der Waals surface area contributed by atoms with Crippen molar-refractivity contribution in [2.45, 2.75) is 13.0 Å². The predicted octanol–water partition coefficient (Wildman–Crippen LogP) is 3.20. The summed E-state index contributed by atoms with van der Waals surface area (Å²) in [4.78, 5) is 12.1. The molecule has 0 unspecified atom stereocenters. The van der Waals surface area contributed by atoms with Crippen molar-refractivity contribution in [1.29, 1.82) is 5.26 Å². The third kappa shape index (κ3) is 6.15. The molecule has 1 amide bonds. The molecule has 0 aromatic heterocycles. The van der Waals surface area contributed by atoms with Crippen molar-refractivity contribution < 1.29 is 9.53 Å². The topological polar surface area (TPSA) is 74.1 Å². The fourth-order valence-corrected chi connectivity index (χ4v) is 2.34. The number of amides is 1. The summed E-state index contributed by atoms with van der Waals surface area (Å²) in [5, 5.41) is 15.6.